The van der Waals surface area contributed by atoms with Gasteiger partial charge in [0.2, 0.25) is 5.91 Å². The fourth-order valence-electron chi connectivity index (χ4n) is 0.454. The molecule has 0 aliphatic carbocycles. The van der Waals surface area contributed by atoms with Crippen molar-refractivity contribution in [3.05, 3.63) is 25.3 Å². The molecule has 0 heterocycles. The number of hydrogen-bond donors (Lipinski definition) is 2. The van der Waals surface area contributed by atoms with E-state index in [4.69, 9.17) is 4.55 Å². The Hall–Kier alpha value is -1.14. The van der Waals surface area contributed by atoms with E-state index in [0.717, 1.165) is 12.2 Å². The minimum atomic E-state index is -4.32. The summed E-state index contributed by atoms with van der Waals surface area (Å²) in [6, 6.07) is 0. The summed E-state index contributed by atoms with van der Waals surface area (Å²) in [6.45, 7) is 6.23. The zero-order chi connectivity index (χ0) is 9.78. The van der Waals surface area contributed by atoms with E-state index >= 15 is 0 Å². The van der Waals surface area contributed by atoms with Crippen LogP contribution >= 0.6 is 0 Å². The molecule has 0 fully saturated rings. The van der Waals surface area contributed by atoms with Gasteiger partial charge in [0.25, 0.3) is 10.1 Å². The van der Waals surface area contributed by atoms with Gasteiger partial charge in [-0.15, -0.1) is 0 Å². The minimum absolute atomic E-state index is 0.697. The number of rotatable bonds is 4. The van der Waals surface area contributed by atoms with Gasteiger partial charge in [-0.1, -0.05) is 19.2 Å². The first kappa shape index (κ1) is 10.9. The van der Waals surface area contributed by atoms with E-state index in [1.165, 1.54) is 0 Å². The van der Waals surface area contributed by atoms with Gasteiger partial charge in [0.15, 0.2) is 5.37 Å². The Morgan fingerprint density at radius 1 is 1.50 bits per heavy atom. The van der Waals surface area contributed by atoms with Gasteiger partial charge in [0, 0.05) is 0 Å². The van der Waals surface area contributed by atoms with Crippen LogP contribution in [0.1, 0.15) is 0 Å². The predicted octanol–water partition coefficient (Wildman–Crippen LogP) is -0.311. The van der Waals surface area contributed by atoms with Crippen LogP contribution in [-0.4, -0.2) is 24.3 Å². The van der Waals surface area contributed by atoms with E-state index in [-0.39, 0.29) is 0 Å². The second-order valence-electron chi connectivity index (χ2n) is 1.88. The number of carbonyl (C=O) groups is 1. The van der Waals surface area contributed by atoms with Gasteiger partial charge >= 0.3 is 0 Å². The van der Waals surface area contributed by atoms with Crippen molar-refractivity contribution >= 4 is 16.0 Å². The molecule has 1 amide bonds. The fraction of sp³-hybridized carbons (Fsp3) is 0.167. The van der Waals surface area contributed by atoms with Crippen LogP contribution in [0.2, 0.25) is 0 Å². The first-order valence-corrected chi connectivity index (χ1v) is 4.44. The highest BCUT2D eigenvalue weighted by Gasteiger charge is 2.19. The fourth-order valence-corrected chi connectivity index (χ4v) is 0.962. The third kappa shape index (κ3) is 3.31. The average molecular weight is 191 g/mol. The lowest BCUT2D eigenvalue weighted by Gasteiger charge is -2.08. The molecule has 0 saturated carbocycles. The van der Waals surface area contributed by atoms with Crippen molar-refractivity contribution in [2.45, 2.75) is 5.37 Å². The smallest absolute Gasteiger partial charge is 0.290 e. The molecule has 0 radical (unpaired) electrons. The van der Waals surface area contributed by atoms with E-state index in [9.17, 15) is 13.2 Å². The summed E-state index contributed by atoms with van der Waals surface area (Å²) in [7, 11) is -4.32. The maximum absolute atomic E-state index is 10.6. The molecule has 0 aliphatic rings. The van der Waals surface area contributed by atoms with Crippen molar-refractivity contribution in [2.75, 3.05) is 0 Å². The van der Waals surface area contributed by atoms with Crippen LogP contribution in [0, 0.1) is 0 Å². The van der Waals surface area contributed by atoms with Gasteiger partial charge in [-0.25, -0.2) is 0 Å². The highest BCUT2D eigenvalue weighted by atomic mass is 32.2. The van der Waals surface area contributed by atoms with Crippen molar-refractivity contribution in [3.63, 3.8) is 0 Å². The molecule has 0 aromatic carbocycles. The van der Waals surface area contributed by atoms with Crippen molar-refractivity contribution in [3.8, 4) is 0 Å². The summed E-state index contributed by atoms with van der Waals surface area (Å²) in [5.41, 5.74) is 0. The third-order valence-electron chi connectivity index (χ3n) is 1.00. The maximum Gasteiger partial charge on any atom is 0.290 e. The number of amides is 1. The molecule has 0 aromatic rings. The third-order valence-corrected chi connectivity index (χ3v) is 1.96. The Morgan fingerprint density at radius 3 is 2.25 bits per heavy atom. The summed E-state index contributed by atoms with van der Waals surface area (Å²) in [5, 5.41) is 0.460. The predicted molar refractivity (Wildman–Crippen MR) is 43.9 cm³/mol. The number of nitrogens with one attached hydrogen (secondary N) is 1. The summed E-state index contributed by atoms with van der Waals surface area (Å²) in [5.74, 6) is -0.697. The minimum Gasteiger partial charge on any atom is -0.331 e. The lowest BCUT2D eigenvalue weighted by atomic mass is 10.5. The molecule has 1 atom stereocenters. The van der Waals surface area contributed by atoms with Gasteiger partial charge in [0.1, 0.15) is 0 Å². The largest absolute Gasteiger partial charge is 0.331 e. The van der Waals surface area contributed by atoms with Gasteiger partial charge in [-0.05, 0) is 6.08 Å². The van der Waals surface area contributed by atoms with E-state index in [1.54, 1.807) is 0 Å². The first-order chi connectivity index (χ1) is 5.41. The van der Waals surface area contributed by atoms with Crippen LogP contribution in [0.15, 0.2) is 25.3 Å². The molecule has 6 heteroatoms. The highest BCUT2D eigenvalue weighted by Crippen LogP contribution is 1.94. The molecular formula is C6H9NO4S. The average Bonchev–Trinajstić information content (AvgIpc) is 1.97. The monoisotopic (exact) mass is 191 g/mol. The second-order valence-corrected chi connectivity index (χ2v) is 3.42. The van der Waals surface area contributed by atoms with E-state index in [1.807, 2.05) is 5.32 Å². The van der Waals surface area contributed by atoms with Crippen LogP contribution in [0.5, 0.6) is 0 Å². The number of carbonyl (C=O) groups excluding carboxylic acids is 1. The molecule has 0 bridgehead atoms. The Morgan fingerprint density at radius 2 is 2.00 bits per heavy atom. The van der Waals surface area contributed by atoms with Crippen LogP contribution in [0.3, 0.4) is 0 Å². The van der Waals surface area contributed by atoms with Crippen molar-refractivity contribution in [1.82, 2.24) is 5.32 Å². The summed E-state index contributed by atoms with van der Waals surface area (Å²) in [6.07, 6.45) is 1.79. The standard InChI is InChI=1S/C6H9NO4S/c1-3-5(8)7-6(4-2)12(9,10)11/h3-4,6H,1-2H2,(H,7,8)(H,9,10,11). The lowest BCUT2D eigenvalue weighted by Crippen LogP contribution is -2.37. The first-order valence-electron chi connectivity index (χ1n) is 2.93. The van der Waals surface area contributed by atoms with Crippen LogP contribution in [-0.2, 0) is 14.9 Å². The Labute approximate surface area is 70.5 Å². The van der Waals surface area contributed by atoms with Gasteiger partial charge < -0.3 is 5.32 Å². The molecule has 0 rings (SSSR count). The zero-order valence-corrected chi connectivity index (χ0v) is 7.04. The topological polar surface area (TPSA) is 83.5 Å². The zero-order valence-electron chi connectivity index (χ0n) is 6.23. The SMILES string of the molecule is C=CC(=O)NC(C=C)S(=O)(=O)O. The Balaban J connectivity index is 4.50. The van der Waals surface area contributed by atoms with Gasteiger partial charge in [-0.2, -0.15) is 8.42 Å². The highest BCUT2D eigenvalue weighted by molar-refractivity contribution is 7.86. The van der Waals surface area contributed by atoms with E-state index in [2.05, 4.69) is 13.2 Å². The molecule has 2 N–H and O–H groups in total. The van der Waals surface area contributed by atoms with Gasteiger partial charge in [-0.3, -0.25) is 9.35 Å². The van der Waals surface area contributed by atoms with Crippen LogP contribution in [0.25, 0.3) is 0 Å². The van der Waals surface area contributed by atoms with Crippen LogP contribution < -0.4 is 5.32 Å². The summed E-state index contributed by atoms with van der Waals surface area (Å²) in [4.78, 5) is 10.6. The molecule has 5 nitrogen and oxygen atoms in total. The molecule has 68 valence electrons. The molecule has 12 heavy (non-hydrogen) atoms. The molecule has 0 aliphatic heterocycles. The van der Waals surface area contributed by atoms with E-state index in [0.29, 0.717) is 0 Å². The van der Waals surface area contributed by atoms with Crippen molar-refractivity contribution in [1.29, 1.82) is 0 Å². The normalized spacial score (nSPS) is 13.1. The summed E-state index contributed by atoms with van der Waals surface area (Å²) >= 11 is 0. The van der Waals surface area contributed by atoms with Crippen molar-refractivity contribution in [2.24, 2.45) is 0 Å². The van der Waals surface area contributed by atoms with E-state index < -0.39 is 21.4 Å². The quantitative estimate of drug-likeness (QED) is 0.362. The number of hydrogen-bond acceptors (Lipinski definition) is 3. The molecule has 0 saturated heterocycles. The molecule has 0 spiro atoms. The lowest BCUT2D eigenvalue weighted by molar-refractivity contribution is -0.116. The summed E-state index contributed by atoms with van der Waals surface area (Å²) < 4.78 is 29.4. The maximum atomic E-state index is 10.6. The molecule has 1 unspecified atom stereocenters. The van der Waals surface area contributed by atoms with Gasteiger partial charge in [0.05, 0.1) is 0 Å². The van der Waals surface area contributed by atoms with Crippen LogP contribution in [0.4, 0.5) is 0 Å². The Kier molecular flexibility index (Phi) is 3.65. The molecule has 0 aromatic heterocycles. The second kappa shape index (κ2) is 4.03. The Bertz CT molecular complexity index is 293. The van der Waals surface area contributed by atoms with Crippen molar-refractivity contribution < 1.29 is 17.8 Å². The molecular weight excluding hydrogens is 182 g/mol.